The van der Waals surface area contributed by atoms with Crippen LogP contribution in [0.2, 0.25) is 0 Å². The molecule has 0 fully saturated rings. The second-order valence-corrected chi connectivity index (χ2v) is 1.97. The van der Waals surface area contributed by atoms with Gasteiger partial charge in [-0.15, -0.1) is 0 Å². The van der Waals surface area contributed by atoms with E-state index in [2.05, 4.69) is 5.73 Å². The van der Waals surface area contributed by atoms with Gasteiger partial charge in [0, 0.05) is 0 Å². The predicted octanol–water partition coefficient (Wildman–Crippen LogP) is -2.46. The van der Waals surface area contributed by atoms with E-state index in [0.29, 0.717) is 13.2 Å². The van der Waals surface area contributed by atoms with Crippen LogP contribution < -0.4 is 10.8 Å². The van der Waals surface area contributed by atoms with E-state index in [4.69, 9.17) is 19.7 Å². The van der Waals surface area contributed by atoms with Crippen LogP contribution in [0, 0.1) is 0 Å². The van der Waals surface area contributed by atoms with Gasteiger partial charge in [0.05, 0.1) is 26.4 Å². The van der Waals surface area contributed by atoms with Crippen molar-refractivity contribution in [2.24, 2.45) is 0 Å². The molecule has 4 N–H and O–H groups in total. The quantitative estimate of drug-likeness (QED) is 0.512. The lowest BCUT2D eigenvalue weighted by atomic mass is 10.7. The number of halogens is 3. The Kier molecular flexibility index (Phi) is 9.73. The maximum atomic E-state index is 10.5. The molecule has 0 aliphatic carbocycles. The molecule has 0 unspecified atom stereocenters. The van der Waals surface area contributed by atoms with Crippen molar-refractivity contribution in [3.8, 4) is 0 Å². The second kappa shape index (κ2) is 8.73. The molecular weight excluding hydrogens is 207 g/mol. The maximum absolute atomic E-state index is 10.5. The van der Waals surface area contributed by atoms with Gasteiger partial charge in [0.2, 0.25) is 0 Å². The van der Waals surface area contributed by atoms with Gasteiger partial charge >= 0.3 is 6.18 Å². The normalized spacial score (nSPS) is 10.4. The summed E-state index contributed by atoms with van der Waals surface area (Å²) in [6, 6.07) is 0. The minimum atomic E-state index is -5.19. The first kappa shape index (κ1) is 15.6. The largest absolute Gasteiger partial charge is 0.542 e. The SMILES string of the molecule is O=C([O-])C(F)(F)F.[NH3+]CCOCCO. The Morgan fingerprint density at radius 2 is 1.86 bits per heavy atom. The van der Waals surface area contributed by atoms with Gasteiger partial charge in [0.25, 0.3) is 0 Å². The predicted molar refractivity (Wildman–Crippen MR) is 36.7 cm³/mol. The van der Waals surface area contributed by atoms with Crippen molar-refractivity contribution in [2.45, 2.75) is 6.18 Å². The van der Waals surface area contributed by atoms with Gasteiger partial charge in [-0.1, -0.05) is 0 Å². The van der Waals surface area contributed by atoms with Gasteiger partial charge in [-0.05, 0) is 0 Å². The van der Waals surface area contributed by atoms with Crippen molar-refractivity contribution in [3.05, 3.63) is 0 Å². The zero-order valence-corrected chi connectivity index (χ0v) is 7.34. The van der Waals surface area contributed by atoms with E-state index in [1.165, 1.54) is 0 Å². The van der Waals surface area contributed by atoms with E-state index in [9.17, 15) is 13.2 Å². The van der Waals surface area contributed by atoms with Crippen LogP contribution in [0.15, 0.2) is 0 Å². The minimum absolute atomic E-state index is 0.111. The van der Waals surface area contributed by atoms with E-state index in [1.807, 2.05) is 0 Å². The number of aliphatic hydroxyl groups is 1. The summed E-state index contributed by atoms with van der Waals surface area (Å²) < 4.78 is 36.4. The van der Waals surface area contributed by atoms with Gasteiger partial charge in [0.1, 0.15) is 5.97 Å². The third-order valence-corrected chi connectivity index (χ3v) is 0.756. The molecule has 0 aliphatic heterocycles. The molecule has 0 rings (SSSR count). The lowest BCUT2D eigenvalue weighted by molar-refractivity contribution is -0.374. The van der Waals surface area contributed by atoms with Gasteiger partial charge in [-0.2, -0.15) is 13.2 Å². The number of alkyl halides is 3. The Balaban J connectivity index is 0. The summed E-state index contributed by atoms with van der Waals surface area (Å²) in [5.74, 6) is -3.01. The Hall–Kier alpha value is -0.860. The molecule has 0 radical (unpaired) electrons. The number of carbonyl (C=O) groups is 1. The summed E-state index contributed by atoms with van der Waals surface area (Å²) in [5.41, 5.74) is 3.55. The average Bonchev–Trinajstić information content (AvgIpc) is 2.05. The number of hydrogen-bond donors (Lipinski definition) is 2. The number of aliphatic carboxylic acids is 1. The van der Waals surface area contributed by atoms with Crippen LogP contribution in [-0.2, 0) is 9.53 Å². The molecule has 0 saturated heterocycles. The van der Waals surface area contributed by atoms with E-state index in [0.717, 1.165) is 6.54 Å². The number of aliphatic hydroxyl groups excluding tert-OH is 1. The number of quaternary nitrogens is 1. The van der Waals surface area contributed by atoms with Crippen molar-refractivity contribution in [1.82, 2.24) is 0 Å². The zero-order valence-electron chi connectivity index (χ0n) is 7.34. The fourth-order valence-electron chi connectivity index (χ4n) is 0.269. The standard InChI is InChI=1S/C4H11NO2.C2HF3O2/c5-1-3-7-4-2-6;3-2(4,5)1(6)7/h6H,1-5H2;(H,6,7). The number of carbonyl (C=O) groups excluding carboxylic acids is 1. The number of carboxylic acid groups (broad SMARTS) is 1. The average molecular weight is 219 g/mol. The van der Waals surface area contributed by atoms with Crippen molar-refractivity contribution < 1.29 is 38.6 Å². The van der Waals surface area contributed by atoms with Crippen molar-refractivity contribution in [3.63, 3.8) is 0 Å². The molecule has 8 heteroatoms. The van der Waals surface area contributed by atoms with Gasteiger partial charge in [-0.25, -0.2) is 0 Å². The van der Waals surface area contributed by atoms with Crippen LogP contribution in [0.3, 0.4) is 0 Å². The maximum Gasteiger partial charge on any atom is 0.430 e. The smallest absolute Gasteiger partial charge is 0.430 e. The van der Waals surface area contributed by atoms with Crippen LogP contribution in [0.4, 0.5) is 13.2 Å². The third kappa shape index (κ3) is 13.7. The first-order valence-corrected chi connectivity index (χ1v) is 3.62. The highest BCUT2D eigenvalue weighted by molar-refractivity contribution is 5.70. The lowest BCUT2D eigenvalue weighted by Crippen LogP contribution is -2.52. The third-order valence-electron chi connectivity index (χ3n) is 0.756. The van der Waals surface area contributed by atoms with E-state index in [1.54, 1.807) is 0 Å². The van der Waals surface area contributed by atoms with Gasteiger partial charge in [-0.3, -0.25) is 0 Å². The molecule has 0 aromatic carbocycles. The Morgan fingerprint density at radius 3 is 2.07 bits per heavy atom. The lowest BCUT2D eigenvalue weighted by Gasteiger charge is -2.03. The first-order valence-electron chi connectivity index (χ1n) is 3.62. The molecule has 0 aliphatic rings. The molecule has 0 aromatic rings. The molecule has 14 heavy (non-hydrogen) atoms. The number of carboxylic acids is 1. The molecular formula is C6H12F3NO4. The second-order valence-electron chi connectivity index (χ2n) is 1.97. The van der Waals surface area contributed by atoms with Crippen LogP contribution in [0.1, 0.15) is 0 Å². The summed E-state index contributed by atoms with van der Waals surface area (Å²) >= 11 is 0. The molecule has 5 nitrogen and oxygen atoms in total. The fraction of sp³-hybridized carbons (Fsp3) is 0.833. The number of rotatable bonds is 4. The first-order chi connectivity index (χ1) is 6.36. The van der Waals surface area contributed by atoms with Crippen LogP contribution in [0.25, 0.3) is 0 Å². The summed E-state index contributed by atoms with van der Waals surface area (Å²) in [6.07, 6.45) is -5.19. The minimum Gasteiger partial charge on any atom is -0.542 e. The van der Waals surface area contributed by atoms with Crippen molar-refractivity contribution in [1.29, 1.82) is 0 Å². The van der Waals surface area contributed by atoms with Crippen molar-refractivity contribution in [2.75, 3.05) is 26.4 Å². The van der Waals surface area contributed by atoms with Crippen LogP contribution in [-0.4, -0.2) is 43.6 Å². The molecule has 86 valence electrons. The molecule has 0 saturated carbocycles. The molecule has 0 aromatic heterocycles. The highest BCUT2D eigenvalue weighted by atomic mass is 19.4. The molecule has 0 heterocycles. The van der Waals surface area contributed by atoms with E-state index < -0.39 is 12.1 Å². The summed E-state index contributed by atoms with van der Waals surface area (Å²) in [6.45, 7) is 1.98. The highest BCUT2D eigenvalue weighted by Crippen LogP contribution is 2.11. The molecule has 0 spiro atoms. The Morgan fingerprint density at radius 1 is 1.43 bits per heavy atom. The summed E-state index contributed by atoms with van der Waals surface area (Å²) in [5, 5.41) is 16.9. The van der Waals surface area contributed by atoms with E-state index in [-0.39, 0.29) is 6.61 Å². The monoisotopic (exact) mass is 219 g/mol. The number of hydrogen-bond acceptors (Lipinski definition) is 4. The Bertz CT molecular complexity index is 147. The molecule has 0 atom stereocenters. The fourth-order valence-corrected chi connectivity index (χ4v) is 0.269. The summed E-state index contributed by atoms with van der Waals surface area (Å²) in [7, 11) is 0. The van der Waals surface area contributed by atoms with Crippen LogP contribution >= 0.6 is 0 Å². The number of ether oxygens (including phenoxy) is 1. The summed E-state index contributed by atoms with van der Waals surface area (Å²) in [4.78, 5) is 8.78. The molecule has 0 bridgehead atoms. The van der Waals surface area contributed by atoms with Crippen LogP contribution in [0.5, 0.6) is 0 Å². The van der Waals surface area contributed by atoms with E-state index >= 15 is 0 Å². The highest BCUT2D eigenvalue weighted by Gasteiger charge is 2.28. The Labute approximate surface area is 78.3 Å². The van der Waals surface area contributed by atoms with Gasteiger partial charge in [0.15, 0.2) is 0 Å². The topological polar surface area (TPSA) is 97.2 Å². The van der Waals surface area contributed by atoms with Gasteiger partial charge < -0.3 is 25.5 Å². The van der Waals surface area contributed by atoms with Crippen molar-refractivity contribution >= 4 is 5.97 Å². The molecule has 0 amide bonds. The zero-order chi connectivity index (χ0) is 11.6.